The molecule has 35 heavy (non-hydrogen) atoms. The van der Waals surface area contributed by atoms with Crippen molar-refractivity contribution >= 4 is 33.5 Å². The summed E-state index contributed by atoms with van der Waals surface area (Å²) < 4.78 is 12.0. The standard InChI is InChI=1S/C24H21BrN4O6/c1-14-17(12-26)23(30)28(9-8-15-4-7-21(34-2)22(10-15)35-3)24(31)18(14)13-27-20-6-5-16(29(32)33)11-19(20)25/h4-7,10-11,13,31H,8-9H2,1-3H3. The van der Waals surface area contributed by atoms with Crippen LogP contribution in [-0.2, 0) is 13.0 Å². The Kier molecular flexibility index (Phi) is 7.88. The molecule has 1 heterocycles. The minimum Gasteiger partial charge on any atom is -0.494 e. The van der Waals surface area contributed by atoms with Gasteiger partial charge in [0.1, 0.15) is 11.6 Å². The molecule has 0 aliphatic carbocycles. The highest BCUT2D eigenvalue weighted by Gasteiger charge is 2.18. The third-order valence-electron chi connectivity index (χ3n) is 5.39. The predicted octanol–water partition coefficient (Wildman–Crippen LogP) is 4.42. The van der Waals surface area contributed by atoms with Gasteiger partial charge < -0.3 is 14.6 Å². The molecular formula is C24H21BrN4O6. The fourth-order valence-corrected chi connectivity index (χ4v) is 3.93. The van der Waals surface area contributed by atoms with Crippen molar-refractivity contribution in [3.8, 4) is 23.4 Å². The van der Waals surface area contributed by atoms with Gasteiger partial charge in [0.25, 0.3) is 11.2 Å². The Morgan fingerprint density at radius 1 is 1.23 bits per heavy atom. The maximum absolute atomic E-state index is 12.9. The Hall–Kier alpha value is -4.17. The molecule has 0 atom stereocenters. The van der Waals surface area contributed by atoms with Crippen LogP contribution in [0.4, 0.5) is 11.4 Å². The second-order valence-electron chi connectivity index (χ2n) is 7.40. The molecule has 11 heteroatoms. The number of hydrogen-bond acceptors (Lipinski definition) is 8. The third-order valence-corrected chi connectivity index (χ3v) is 6.03. The Balaban J connectivity index is 1.99. The Morgan fingerprint density at radius 2 is 1.94 bits per heavy atom. The topological polar surface area (TPSA) is 140 Å². The van der Waals surface area contributed by atoms with Crippen LogP contribution >= 0.6 is 15.9 Å². The van der Waals surface area contributed by atoms with Crippen LogP contribution in [0.3, 0.4) is 0 Å². The molecule has 0 saturated heterocycles. The van der Waals surface area contributed by atoms with Crippen LogP contribution in [0.15, 0.2) is 50.7 Å². The average molecular weight is 541 g/mol. The highest BCUT2D eigenvalue weighted by atomic mass is 79.9. The van der Waals surface area contributed by atoms with E-state index in [0.29, 0.717) is 28.1 Å². The van der Waals surface area contributed by atoms with E-state index in [-0.39, 0.29) is 34.8 Å². The number of non-ortho nitro benzene ring substituents is 1. The van der Waals surface area contributed by atoms with Crippen LogP contribution in [-0.4, -0.2) is 35.0 Å². The van der Waals surface area contributed by atoms with Crippen molar-refractivity contribution in [2.45, 2.75) is 19.9 Å². The van der Waals surface area contributed by atoms with Gasteiger partial charge in [-0.2, -0.15) is 5.26 Å². The number of nitriles is 1. The molecule has 0 amide bonds. The van der Waals surface area contributed by atoms with E-state index >= 15 is 0 Å². The highest BCUT2D eigenvalue weighted by Crippen LogP contribution is 2.31. The lowest BCUT2D eigenvalue weighted by atomic mass is 10.1. The normalized spacial score (nSPS) is 10.8. The van der Waals surface area contributed by atoms with Crippen LogP contribution in [0.5, 0.6) is 17.4 Å². The van der Waals surface area contributed by atoms with Gasteiger partial charge >= 0.3 is 0 Å². The predicted molar refractivity (Wildman–Crippen MR) is 133 cm³/mol. The molecule has 10 nitrogen and oxygen atoms in total. The lowest BCUT2D eigenvalue weighted by molar-refractivity contribution is -0.384. The molecule has 0 spiro atoms. The number of aliphatic imine (C=N–C) groups is 1. The van der Waals surface area contributed by atoms with E-state index in [1.54, 1.807) is 19.1 Å². The van der Waals surface area contributed by atoms with Gasteiger partial charge in [0.15, 0.2) is 11.5 Å². The van der Waals surface area contributed by atoms with Gasteiger partial charge in [0.05, 0.1) is 30.4 Å². The number of benzene rings is 2. The summed E-state index contributed by atoms with van der Waals surface area (Å²) in [4.78, 5) is 27.6. The summed E-state index contributed by atoms with van der Waals surface area (Å²) in [6.45, 7) is 1.64. The zero-order valence-corrected chi connectivity index (χ0v) is 20.7. The van der Waals surface area contributed by atoms with Crippen LogP contribution in [0.1, 0.15) is 22.3 Å². The fraction of sp³-hybridized carbons (Fsp3) is 0.208. The summed E-state index contributed by atoms with van der Waals surface area (Å²) >= 11 is 3.25. The van der Waals surface area contributed by atoms with E-state index < -0.39 is 10.5 Å². The number of rotatable bonds is 8. The molecule has 180 valence electrons. The van der Waals surface area contributed by atoms with Gasteiger partial charge in [0.2, 0.25) is 5.88 Å². The van der Waals surface area contributed by atoms with Gasteiger partial charge in [-0.1, -0.05) is 6.07 Å². The zero-order valence-electron chi connectivity index (χ0n) is 19.1. The van der Waals surface area contributed by atoms with Gasteiger partial charge in [0, 0.05) is 29.4 Å². The van der Waals surface area contributed by atoms with E-state index in [1.807, 2.05) is 12.1 Å². The SMILES string of the molecule is COc1ccc(CCn2c(O)c(C=Nc3ccc([N+](=O)[O-])cc3Br)c(C)c(C#N)c2=O)cc1OC. The smallest absolute Gasteiger partial charge is 0.271 e. The van der Waals surface area contributed by atoms with Crippen LogP contribution in [0, 0.1) is 28.4 Å². The van der Waals surface area contributed by atoms with Crippen molar-refractivity contribution in [3.63, 3.8) is 0 Å². The van der Waals surface area contributed by atoms with E-state index in [4.69, 9.17) is 9.47 Å². The Labute approximate surface area is 209 Å². The minimum atomic E-state index is -0.614. The second kappa shape index (κ2) is 10.8. The number of hydrogen-bond donors (Lipinski definition) is 1. The van der Waals surface area contributed by atoms with Gasteiger partial charge in [-0.05, 0) is 58.6 Å². The number of methoxy groups -OCH3 is 2. The largest absolute Gasteiger partial charge is 0.494 e. The number of aryl methyl sites for hydroxylation is 1. The highest BCUT2D eigenvalue weighted by molar-refractivity contribution is 9.10. The minimum absolute atomic E-state index is 0.0944. The van der Waals surface area contributed by atoms with Crippen LogP contribution in [0.25, 0.3) is 0 Å². The molecular weight excluding hydrogens is 520 g/mol. The molecule has 2 aromatic carbocycles. The summed E-state index contributed by atoms with van der Waals surface area (Å²) in [5.41, 5.74) is 0.841. The van der Waals surface area contributed by atoms with Gasteiger partial charge in [-0.15, -0.1) is 0 Å². The first-order chi connectivity index (χ1) is 16.7. The summed E-state index contributed by atoms with van der Waals surface area (Å²) in [5, 5.41) is 31.4. The second-order valence-corrected chi connectivity index (χ2v) is 8.25. The number of ether oxygens (including phenoxy) is 2. The molecule has 0 unspecified atom stereocenters. The maximum atomic E-state index is 12.9. The lowest BCUT2D eigenvalue weighted by Gasteiger charge is -2.15. The average Bonchev–Trinajstić information content (AvgIpc) is 2.84. The van der Waals surface area contributed by atoms with Crippen LogP contribution < -0.4 is 15.0 Å². The first kappa shape index (κ1) is 25.5. The summed E-state index contributed by atoms with van der Waals surface area (Å²) in [7, 11) is 3.05. The maximum Gasteiger partial charge on any atom is 0.271 e. The Bertz CT molecular complexity index is 1420. The van der Waals surface area contributed by atoms with Gasteiger partial charge in [-0.3, -0.25) is 24.5 Å². The van der Waals surface area contributed by atoms with E-state index in [2.05, 4.69) is 20.9 Å². The van der Waals surface area contributed by atoms with Crippen molar-refractivity contribution in [1.82, 2.24) is 4.57 Å². The third kappa shape index (κ3) is 5.33. The van der Waals surface area contributed by atoms with Crippen molar-refractivity contribution in [3.05, 3.63) is 83.6 Å². The molecule has 3 rings (SSSR count). The molecule has 0 radical (unpaired) electrons. The monoisotopic (exact) mass is 540 g/mol. The van der Waals surface area contributed by atoms with Crippen LogP contribution in [0.2, 0.25) is 0 Å². The zero-order chi connectivity index (χ0) is 25.7. The van der Waals surface area contributed by atoms with Crippen molar-refractivity contribution in [2.75, 3.05) is 14.2 Å². The Morgan fingerprint density at radius 3 is 2.54 bits per heavy atom. The number of nitro groups is 1. The number of aromatic nitrogens is 1. The van der Waals surface area contributed by atoms with Gasteiger partial charge in [-0.25, -0.2) is 0 Å². The number of nitrogens with zero attached hydrogens (tertiary/aromatic N) is 4. The molecule has 3 aromatic rings. The van der Waals surface area contributed by atoms with Crippen molar-refractivity contribution in [1.29, 1.82) is 5.26 Å². The summed E-state index contributed by atoms with van der Waals surface area (Å²) in [6, 6.07) is 11.3. The first-order valence-electron chi connectivity index (χ1n) is 10.3. The van der Waals surface area contributed by atoms with Crippen molar-refractivity contribution < 1.29 is 19.5 Å². The van der Waals surface area contributed by atoms with E-state index in [0.717, 1.165) is 10.1 Å². The molecule has 1 N–H and O–H groups in total. The van der Waals surface area contributed by atoms with E-state index in [9.17, 15) is 25.3 Å². The molecule has 0 bridgehead atoms. The summed E-state index contributed by atoms with van der Waals surface area (Å²) in [5.74, 6) is 0.757. The molecule has 0 saturated carbocycles. The fourth-order valence-electron chi connectivity index (χ4n) is 3.46. The number of nitro benzene ring substituents is 1. The molecule has 0 aliphatic heterocycles. The quantitative estimate of drug-likeness (QED) is 0.253. The number of pyridine rings is 1. The molecule has 0 fully saturated rings. The number of halogens is 1. The van der Waals surface area contributed by atoms with Crippen molar-refractivity contribution in [2.24, 2.45) is 4.99 Å². The molecule has 0 aliphatic rings. The van der Waals surface area contributed by atoms with E-state index in [1.165, 1.54) is 38.6 Å². The lowest BCUT2D eigenvalue weighted by Crippen LogP contribution is -2.26. The first-order valence-corrected chi connectivity index (χ1v) is 11.1. The molecule has 1 aromatic heterocycles. The summed E-state index contributed by atoms with van der Waals surface area (Å²) in [6.07, 6.45) is 1.69. The number of aromatic hydroxyl groups is 1.